The van der Waals surface area contributed by atoms with Crippen LogP contribution in [0.15, 0.2) is 26.8 Å². The van der Waals surface area contributed by atoms with Gasteiger partial charge in [0.25, 0.3) is 0 Å². The molecule has 0 bridgehead atoms. The molecule has 11 nitrogen and oxygen atoms in total. The van der Waals surface area contributed by atoms with E-state index in [4.69, 9.17) is 39.5 Å². The Balaban J connectivity index is 2.00. The van der Waals surface area contributed by atoms with E-state index in [0.717, 1.165) is 11.8 Å². The number of benzene rings is 3. The Labute approximate surface area is 308 Å². The first-order chi connectivity index (χ1) is 22.9. The van der Waals surface area contributed by atoms with E-state index in [0.29, 0.717) is 24.0 Å². The Morgan fingerprint density at radius 1 is 0.940 bits per heavy atom. The number of hydrogen-bond acceptors (Lipinski definition) is 10. The zero-order chi connectivity index (χ0) is 37.2. The molecule has 3 aromatic carbocycles. The van der Waals surface area contributed by atoms with Gasteiger partial charge in [0, 0.05) is 44.3 Å². The number of nitrogens with one attached hydrogen (secondary N) is 2. The number of fused-ring (bicyclic) bond motifs is 4. The topological polar surface area (TPSA) is 187 Å². The molecule has 2 atom stereocenters. The second-order valence-electron chi connectivity index (χ2n) is 14.2. The van der Waals surface area contributed by atoms with Gasteiger partial charge in [-0.3, -0.25) is 0 Å². The van der Waals surface area contributed by atoms with Crippen LogP contribution in [0.1, 0.15) is 98.8 Å². The van der Waals surface area contributed by atoms with Crippen molar-refractivity contribution in [2.45, 2.75) is 92.0 Å². The highest BCUT2D eigenvalue weighted by molar-refractivity contribution is 7.98. The molecule has 3 aliphatic rings. The minimum absolute atomic E-state index is 0.0498. The van der Waals surface area contributed by atoms with Gasteiger partial charge in [0.15, 0.2) is 21.9 Å². The summed E-state index contributed by atoms with van der Waals surface area (Å²) in [6.45, 7) is 11.0. The summed E-state index contributed by atoms with van der Waals surface area (Å²) in [6, 6.07) is 3.15. The minimum Gasteiger partial charge on any atom is -0.744 e. The summed E-state index contributed by atoms with van der Waals surface area (Å²) in [6.07, 6.45) is 2.66. The second-order valence-corrected chi connectivity index (χ2v) is 18.8. The van der Waals surface area contributed by atoms with Gasteiger partial charge in [0.05, 0.1) is 26.3 Å². The number of halogens is 3. The average molecular weight is 803 g/mol. The zero-order valence-corrected chi connectivity index (χ0v) is 32.5. The number of carboxylic acid groups (broad SMARTS) is 1. The fraction of sp³-hybridized carbons (Fsp3) is 0.394. The van der Waals surface area contributed by atoms with Gasteiger partial charge in [-0.2, -0.15) is 0 Å². The van der Waals surface area contributed by atoms with E-state index in [1.165, 1.54) is 0 Å². The van der Waals surface area contributed by atoms with Crippen LogP contribution in [0.3, 0.4) is 0 Å². The monoisotopic (exact) mass is 801 g/mol. The molecule has 0 saturated heterocycles. The number of aromatic carboxylic acids is 1. The molecule has 268 valence electrons. The molecule has 0 aliphatic carbocycles. The summed E-state index contributed by atoms with van der Waals surface area (Å²) in [5.74, 6) is -3.41. The van der Waals surface area contributed by atoms with Crippen molar-refractivity contribution in [1.29, 1.82) is 0 Å². The molecule has 0 radical (unpaired) electrons. The third-order valence-electron chi connectivity index (χ3n) is 9.35. The van der Waals surface area contributed by atoms with Gasteiger partial charge in [0.1, 0.15) is 25.1 Å². The Kier molecular flexibility index (Phi) is 8.92. The number of carboxylic acids is 1. The third-order valence-corrected chi connectivity index (χ3v) is 13.4. The molecule has 3 aliphatic heterocycles. The molecule has 2 unspecified atom stereocenters. The maximum Gasteiger partial charge on any atom is 0.337 e. The Morgan fingerprint density at radius 3 is 2.10 bits per heavy atom. The summed E-state index contributed by atoms with van der Waals surface area (Å²) in [5.41, 5.74) is -1.59. The summed E-state index contributed by atoms with van der Waals surface area (Å²) < 4.78 is 86.0. The van der Waals surface area contributed by atoms with E-state index in [1.54, 1.807) is 18.4 Å². The fourth-order valence-corrected chi connectivity index (χ4v) is 11.2. The average Bonchev–Trinajstić information content (AvgIpc) is 2.94. The SMILES string of the molecule is CSc1c(Cl)c(Cl)c(C(=O)O)c(C2=c3cc4c(c(S(=O)(=O)[O-])c3Oc3c2cc2c(c3S(=O)(=O)[O-])NC(C)(C)CC2C)=[NH+]C(C)(C)CC4C)c1Cl. The van der Waals surface area contributed by atoms with Crippen molar-refractivity contribution in [3.05, 3.63) is 65.6 Å². The second kappa shape index (κ2) is 12.0. The van der Waals surface area contributed by atoms with E-state index in [9.17, 15) is 35.8 Å². The van der Waals surface area contributed by atoms with E-state index in [2.05, 4.69) is 10.3 Å². The molecule has 0 fully saturated rings. The van der Waals surface area contributed by atoms with E-state index in [1.807, 2.05) is 41.5 Å². The van der Waals surface area contributed by atoms with Crippen molar-refractivity contribution < 1.29 is 45.6 Å². The zero-order valence-electron chi connectivity index (χ0n) is 27.8. The van der Waals surface area contributed by atoms with Gasteiger partial charge in [-0.05, 0) is 69.9 Å². The summed E-state index contributed by atoms with van der Waals surface area (Å²) in [5, 5.41) is 12.9. The lowest BCUT2D eigenvalue weighted by Gasteiger charge is -2.40. The van der Waals surface area contributed by atoms with Gasteiger partial charge >= 0.3 is 5.97 Å². The van der Waals surface area contributed by atoms with Gasteiger partial charge in [0.2, 0.25) is 5.36 Å². The van der Waals surface area contributed by atoms with Crippen LogP contribution < -0.4 is 25.6 Å². The lowest BCUT2D eigenvalue weighted by atomic mass is 9.79. The largest absolute Gasteiger partial charge is 0.744 e. The molecule has 0 amide bonds. The standard InChI is InChI=1S/C33H33Cl3N2O9S3/c1-12-10-32(3,4)37-24-14(12)8-16-18(19-20(31(39)40)21(34)23(36)28(48-7)22(19)35)17-9-15-13(2)11-33(5,6)38-25(15)30(50(44,45)46)27(17)47-26(16)29(24)49(41,42)43/h8-9,12-13,37H,10-11H2,1-7H3,(H,39,40)(H,41,42,43)(H,44,45,46)/p-1. The summed E-state index contributed by atoms with van der Waals surface area (Å²) >= 11 is 21.2. The smallest absolute Gasteiger partial charge is 0.337 e. The highest BCUT2D eigenvalue weighted by Crippen LogP contribution is 2.54. The lowest BCUT2D eigenvalue weighted by Crippen LogP contribution is -2.91. The number of hydrogen-bond donors (Lipinski definition) is 3. The van der Waals surface area contributed by atoms with E-state index >= 15 is 0 Å². The summed E-state index contributed by atoms with van der Waals surface area (Å²) in [7, 11) is -10.8. The minimum atomic E-state index is -5.42. The van der Waals surface area contributed by atoms with Crippen LogP contribution in [0.25, 0.3) is 5.57 Å². The first-order valence-corrected chi connectivity index (χ1v) is 20.5. The maximum atomic E-state index is 13.3. The molecular formula is C33H32Cl3N2O9S3-. The molecule has 17 heteroatoms. The number of rotatable bonds is 5. The molecule has 0 spiro atoms. The van der Waals surface area contributed by atoms with Crippen LogP contribution >= 0.6 is 46.6 Å². The quantitative estimate of drug-likeness (QED) is 0.141. The molecule has 50 heavy (non-hydrogen) atoms. The molecule has 3 N–H and O–H groups in total. The highest BCUT2D eigenvalue weighted by Gasteiger charge is 2.42. The molecule has 0 saturated carbocycles. The van der Waals surface area contributed by atoms with Gasteiger partial charge in [-0.1, -0.05) is 48.7 Å². The lowest BCUT2D eigenvalue weighted by molar-refractivity contribution is -0.590. The van der Waals surface area contributed by atoms with Crippen LogP contribution in [0.4, 0.5) is 5.69 Å². The van der Waals surface area contributed by atoms with Crippen molar-refractivity contribution in [3.8, 4) is 11.5 Å². The number of carbonyl (C=O) groups is 1. The van der Waals surface area contributed by atoms with Crippen molar-refractivity contribution in [3.63, 3.8) is 0 Å². The Bertz CT molecular complexity index is 2430. The van der Waals surface area contributed by atoms with Crippen molar-refractivity contribution in [1.82, 2.24) is 0 Å². The molecular weight excluding hydrogens is 771 g/mol. The van der Waals surface area contributed by atoms with Gasteiger partial charge in [-0.15, -0.1) is 11.8 Å². The number of ether oxygens (including phenoxy) is 1. The normalized spacial score (nSPS) is 20.4. The van der Waals surface area contributed by atoms with Crippen molar-refractivity contribution >= 4 is 84.0 Å². The maximum absolute atomic E-state index is 13.3. The first-order valence-electron chi connectivity index (χ1n) is 15.3. The summed E-state index contributed by atoms with van der Waals surface area (Å²) in [4.78, 5) is 14.7. The Hall–Kier alpha value is -2.56. The van der Waals surface area contributed by atoms with E-state index in [-0.39, 0.29) is 64.8 Å². The van der Waals surface area contributed by atoms with Gasteiger partial charge in [-0.25, -0.2) is 26.6 Å². The van der Waals surface area contributed by atoms with Crippen molar-refractivity contribution in [2.75, 3.05) is 11.6 Å². The van der Waals surface area contributed by atoms with Crippen LogP contribution in [0.5, 0.6) is 11.5 Å². The number of anilines is 1. The van der Waals surface area contributed by atoms with Crippen LogP contribution in [0, 0.1) is 0 Å². The van der Waals surface area contributed by atoms with Crippen molar-refractivity contribution in [2.24, 2.45) is 0 Å². The molecule has 0 aromatic heterocycles. The number of thioether (sulfide) groups is 1. The first kappa shape index (κ1) is 37.2. The Morgan fingerprint density at radius 2 is 1.54 bits per heavy atom. The third kappa shape index (κ3) is 5.89. The van der Waals surface area contributed by atoms with Crippen LogP contribution in [-0.4, -0.2) is 54.4 Å². The predicted molar refractivity (Wildman–Crippen MR) is 188 cm³/mol. The highest BCUT2D eigenvalue weighted by atomic mass is 35.5. The van der Waals surface area contributed by atoms with Gasteiger partial charge < -0.3 is 24.3 Å². The van der Waals surface area contributed by atoms with Crippen LogP contribution in [0.2, 0.25) is 15.1 Å². The van der Waals surface area contributed by atoms with E-state index < -0.39 is 64.1 Å². The van der Waals surface area contributed by atoms with Crippen LogP contribution in [-0.2, 0) is 20.2 Å². The fourth-order valence-electron chi connectivity index (χ4n) is 7.71. The predicted octanol–water partition coefficient (Wildman–Crippen LogP) is 4.91. The molecule has 3 heterocycles. The molecule has 3 aromatic rings. The molecule has 6 rings (SSSR count).